The Kier molecular flexibility index (Phi) is 3.60. The maximum absolute atomic E-state index is 13.5. The minimum atomic E-state index is -0.744. The highest BCUT2D eigenvalue weighted by Crippen LogP contribution is 2.28. The summed E-state index contributed by atoms with van der Waals surface area (Å²) >= 11 is 0. The first-order valence-corrected chi connectivity index (χ1v) is 6.25. The first-order valence-electron chi connectivity index (χ1n) is 6.25. The molecule has 0 aliphatic carbocycles. The number of hydrogen-bond acceptors (Lipinski definition) is 4. The molecule has 0 bridgehead atoms. The van der Waals surface area contributed by atoms with E-state index in [1.807, 2.05) is 4.90 Å². The van der Waals surface area contributed by atoms with E-state index >= 15 is 0 Å². The Balaban J connectivity index is 2.24. The van der Waals surface area contributed by atoms with Gasteiger partial charge in [0.25, 0.3) is 0 Å². The van der Waals surface area contributed by atoms with Gasteiger partial charge in [-0.2, -0.15) is 0 Å². The van der Waals surface area contributed by atoms with Crippen LogP contribution in [-0.2, 0) is 6.54 Å². The van der Waals surface area contributed by atoms with Gasteiger partial charge in [-0.05, 0) is 32.4 Å². The molecule has 19 heavy (non-hydrogen) atoms. The zero-order valence-corrected chi connectivity index (χ0v) is 11.1. The first-order chi connectivity index (χ1) is 8.78. The fraction of sp³-hybridized carbons (Fsp3) is 0.500. The maximum Gasteiger partial charge on any atom is 0.163 e. The maximum atomic E-state index is 13.5. The highest BCUT2D eigenvalue weighted by atomic mass is 19.1. The van der Waals surface area contributed by atoms with E-state index in [9.17, 15) is 19.4 Å². The van der Waals surface area contributed by atoms with Gasteiger partial charge in [0.05, 0.1) is 11.2 Å². The van der Waals surface area contributed by atoms with E-state index in [2.05, 4.69) is 0 Å². The van der Waals surface area contributed by atoms with Crippen molar-refractivity contribution in [2.24, 2.45) is 0 Å². The monoisotopic (exact) mass is 267 g/mol. The predicted molar refractivity (Wildman–Crippen MR) is 68.6 cm³/mol. The minimum Gasteiger partial charge on any atom is -0.507 e. The van der Waals surface area contributed by atoms with Crippen molar-refractivity contribution in [3.63, 3.8) is 0 Å². The van der Waals surface area contributed by atoms with Crippen molar-refractivity contribution in [1.29, 1.82) is 0 Å². The molecule has 4 nitrogen and oxygen atoms in total. The van der Waals surface area contributed by atoms with Crippen LogP contribution in [0.15, 0.2) is 12.1 Å². The van der Waals surface area contributed by atoms with Gasteiger partial charge in [0.15, 0.2) is 5.78 Å². The van der Waals surface area contributed by atoms with Crippen molar-refractivity contribution in [2.75, 3.05) is 13.1 Å². The highest BCUT2D eigenvalue weighted by Gasteiger charge is 2.31. The number of nitrogens with zero attached hydrogens (tertiary/aromatic N) is 1. The number of Topliss-reactive ketones (excluding diaryl/α,β-unsaturated/α-hetero) is 1. The Labute approximate surface area is 111 Å². The molecule has 1 atom stereocenters. The van der Waals surface area contributed by atoms with Crippen LogP contribution < -0.4 is 0 Å². The number of hydrogen-bond donors (Lipinski definition) is 2. The van der Waals surface area contributed by atoms with Gasteiger partial charge in [-0.1, -0.05) is 0 Å². The lowest BCUT2D eigenvalue weighted by Gasteiger charge is -2.19. The number of phenols is 1. The molecule has 0 saturated carbocycles. The summed E-state index contributed by atoms with van der Waals surface area (Å²) in [4.78, 5) is 13.3. The molecule has 1 unspecified atom stereocenters. The number of carbonyl (C=O) groups excluding carboxylic acids is 1. The van der Waals surface area contributed by atoms with Gasteiger partial charge in [-0.3, -0.25) is 9.69 Å². The molecule has 0 spiro atoms. The van der Waals surface area contributed by atoms with Crippen LogP contribution in [0.5, 0.6) is 5.75 Å². The Morgan fingerprint density at radius 2 is 2.21 bits per heavy atom. The smallest absolute Gasteiger partial charge is 0.163 e. The number of β-amino-alcohol motifs (C(OH)–C–C–N with tert-alkyl or cyclic N) is 1. The number of rotatable bonds is 3. The summed E-state index contributed by atoms with van der Waals surface area (Å²) in [7, 11) is 0. The van der Waals surface area contributed by atoms with Crippen LogP contribution in [0.1, 0.15) is 36.2 Å². The zero-order chi connectivity index (χ0) is 14.2. The standard InChI is InChI=1S/C14H18FNO3/c1-9(17)12-6-11(15)5-10(13(12)18)7-16-4-3-14(2,19)8-16/h5-6,18-19H,3-4,7-8H2,1-2H3. The highest BCUT2D eigenvalue weighted by molar-refractivity contribution is 5.97. The molecule has 1 saturated heterocycles. The molecular formula is C14H18FNO3. The minimum absolute atomic E-state index is 0.000886. The normalized spacial score (nSPS) is 23.8. The van der Waals surface area contributed by atoms with E-state index in [0.717, 1.165) is 6.07 Å². The topological polar surface area (TPSA) is 60.8 Å². The van der Waals surface area contributed by atoms with Gasteiger partial charge in [-0.25, -0.2) is 4.39 Å². The quantitative estimate of drug-likeness (QED) is 0.818. The molecule has 1 aliphatic rings. The predicted octanol–water partition coefficient (Wildman–Crippen LogP) is 1.69. The van der Waals surface area contributed by atoms with Crippen LogP contribution in [0, 0.1) is 5.82 Å². The zero-order valence-electron chi connectivity index (χ0n) is 11.1. The molecular weight excluding hydrogens is 249 g/mol. The second-order valence-electron chi connectivity index (χ2n) is 5.47. The summed E-state index contributed by atoms with van der Waals surface area (Å²) < 4.78 is 13.5. The molecule has 1 fully saturated rings. The van der Waals surface area contributed by atoms with Crippen molar-refractivity contribution in [1.82, 2.24) is 4.90 Å². The van der Waals surface area contributed by atoms with Crippen molar-refractivity contribution >= 4 is 5.78 Å². The van der Waals surface area contributed by atoms with Gasteiger partial charge in [0, 0.05) is 25.2 Å². The lowest BCUT2D eigenvalue weighted by molar-refractivity contribution is 0.0677. The third kappa shape index (κ3) is 3.11. The van der Waals surface area contributed by atoms with Gasteiger partial charge in [-0.15, -0.1) is 0 Å². The SMILES string of the molecule is CC(=O)c1cc(F)cc(CN2CCC(C)(O)C2)c1O. The number of carbonyl (C=O) groups is 1. The molecule has 2 N–H and O–H groups in total. The number of benzene rings is 1. The third-order valence-electron chi connectivity index (χ3n) is 3.46. The Morgan fingerprint density at radius 3 is 2.74 bits per heavy atom. The van der Waals surface area contributed by atoms with Crippen LogP contribution in [0.2, 0.25) is 0 Å². The van der Waals surface area contributed by atoms with E-state index < -0.39 is 11.4 Å². The van der Waals surface area contributed by atoms with Crippen LogP contribution in [-0.4, -0.2) is 39.6 Å². The molecule has 0 radical (unpaired) electrons. The molecule has 1 aliphatic heterocycles. The number of ketones is 1. The number of likely N-dealkylation sites (tertiary alicyclic amines) is 1. The fourth-order valence-electron chi connectivity index (χ4n) is 2.46. The molecule has 5 heteroatoms. The summed E-state index contributed by atoms with van der Waals surface area (Å²) in [5.41, 5.74) is -0.365. The van der Waals surface area contributed by atoms with Crippen molar-refractivity contribution in [2.45, 2.75) is 32.4 Å². The summed E-state index contributed by atoms with van der Waals surface area (Å²) in [5, 5.41) is 19.9. The van der Waals surface area contributed by atoms with Gasteiger partial charge in [0.2, 0.25) is 0 Å². The average Bonchev–Trinajstić information content (AvgIpc) is 2.62. The molecule has 1 aromatic carbocycles. The van der Waals surface area contributed by atoms with E-state index in [1.165, 1.54) is 13.0 Å². The Bertz CT molecular complexity index is 514. The first kappa shape index (κ1) is 14.0. The number of phenolic OH excluding ortho intramolecular Hbond substituents is 1. The summed E-state index contributed by atoms with van der Waals surface area (Å²) in [6, 6.07) is 2.27. The largest absolute Gasteiger partial charge is 0.507 e. The average molecular weight is 267 g/mol. The molecule has 0 aromatic heterocycles. The van der Waals surface area contributed by atoms with Crippen molar-refractivity contribution in [3.8, 4) is 5.75 Å². The summed E-state index contributed by atoms with van der Waals surface area (Å²) in [6.07, 6.45) is 0.642. The van der Waals surface area contributed by atoms with E-state index in [1.54, 1.807) is 6.92 Å². The second kappa shape index (κ2) is 4.90. The lowest BCUT2D eigenvalue weighted by atomic mass is 10.0. The summed E-state index contributed by atoms with van der Waals surface area (Å²) in [6.45, 7) is 4.51. The van der Waals surface area contributed by atoms with Crippen LogP contribution in [0.4, 0.5) is 4.39 Å². The third-order valence-corrected chi connectivity index (χ3v) is 3.46. The van der Waals surface area contributed by atoms with Gasteiger partial charge >= 0.3 is 0 Å². The number of aliphatic hydroxyl groups is 1. The molecule has 2 rings (SSSR count). The summed E-state index contributed by atoms with van der Waals surface area (Å²) in [5.74, 6) is -1.07. The lowest BCUT2D eigenvalue weighted by Crippen LogP contribution is -2.29. The molecule has 0 amide bonds. The molecule has 1 aromatic rings. The van der Waals surface area contributed by atoms with Crippen molar-refractivity contribution < 1.29 is 19.4 Å². The Morgan fingerprint density at radius 1 is 1.53 bits per heavy atom. The second-order valence-corrected chi connectivity index (χ2v) is 5.47. The Hall–Kier alpha value is -1.46. The van der Waals surface area contributed by atoms with Crippen LogP contribution >= 0.6 is 0 Å². The van der Waals surface area contributed by atoms with Gasteiger partial charge in [0.1, 0.15) is 11.6 Å². The molecule has 104 valence electrons. The van der Waals surface area contributed by atoms with Crippen LogP contribution in [0.3, 0.4) is 0 Å². The van der Waals surface area contributed by atoms with Crippen LogP contribution in [0.25, 0.3) is 0 Å². The van der Waals surface area contributed by atoms with E-state index in [4.69, 9.17) is 0 Å². The number of halogens is 1. The molecule has 1 heterocycles. The van der Waals surface area contributed by atoms with E-state index in [-0.39, 0.29) is 17.1 Å². The van der Waals surface area contributed by atoms with Gasteiger partial charge < -0.3 is 10.2 Å². The number of aromatic hydroxyl groups is 1. The van der Waals surface area contributed by atoms with E-state index in [0.29, 0.717) is 31.6 Å². The fourth-order valence-corrected chi connectivity index (χ4v) is 2.46. The van der Waals surface area contributed by atoms with Crippen molar-refractivity contribution in [3.05, 3.63) is 29.1 Å².